The first-order valence-electron chi connectivity index (χ1n) is 5.43. The Kier molecular flexibility index (Phi) is 1.96. The van der Waals surface area contributed by atoms with Crippen LogP contribution in [0.4, 0.5) is 5.69 Å². The summed E-state index contributed by atoms with van der Waals surface area (Å²) in [5, 5.41) is 3.98. The van der Waals surface area contributed by atoms with Crippen LogP contribution in [0.5, 0.6) is 0 Å². The molecular weight excluding hydrogens is 202 g/mol. The van der Waals surface area contributed by atoms with Gasteiger partial charge in [0.15, 0.2) is 0 Å². The van der Waals surface area contributed by atoms with Crippen LogP contribution >= 0.6 is 0 Å². The van der Waals surface area contributed by atoms with Crippen molar-refractivity contribution in [3.63, 3.8) is 0 Å². The van der Waals surface area contributed by atoms with E-state index in [1.54, 1.807) is 0 Å². The van der Waals surface area contributed by atoms with E-state index in [1.165, 1.54) is 0 Å². The SMILES string of the molecule is CC1CC1c1nc(-c2cccc(N)c2)no1. The van der Waals surface area contributed by atoms with Crippen LogP contribution in [0, 0.1) is 5.92 Å². The Balaban J connectivity index is 1.92. The van der Waals surface area contributed by atoms with Gasteiger partial charge in [-0.3, -0.25) is 0 Å². The molecule has 2 N–H and O–H groups in total. The zero-order valence-corrected chi connectivity index (χ0v) is 9.05. The molecule has 0 bridgehead atoms. The molecule has 4 heteroatoms. The summed E-state index contributed by atoms with van der Waals surface area (Å²) in [5.41, 5.74) is 7.33. The van der Waals surface area contributed by atoms with Gasteiger partial charge in [0.05, 0.1) is 0 Å². The molecule has 16 heavy (non-hydrogen) atoms. The van der Waals surface area contributed by atoms with Gasteiger partial charge in [0, 0.05) is 17.2 Å². The van der Waals surface area contributed by atoms with E-state index < -0.39 is 0 Å². The number of benzene rings is 1. The second kappa shape index (κ2) is 3.33. The molecule has 1 aromatic heterocycles. The van der Waals surface area contributed by atoms with Gasteiger partial charge < -0.3 is 10.3 Å². The van der Waals surface area contributed by atoms with Crippen molar-refractivity contribution in [1.29, 1.82) is 0 Å². The Hall–Kier alpha value is -1.84. The predicted octanol–water partition coefficient (Wildman–Crippen LogP) is 2.44. The van der Waals surface area contributed by atoms with Crippen LogP contribution in [0.3, 0.4) is 0 Å². The first-order valence-corrected chi connectivity index (χ1v) is 5.43. The second-order valence-electron chi connectivity index (χ2n) is 4.40. The summed E-state index contributed by atoms with van der Waals surface area (Å²) in [4.78, 5) is 4.40. The van der Waals surface area contributed by atoms with E-state index in [0.29, 0.717) is 23.3 Å². The van der Waals surface area contributed by atoms with E-state index in [-0.39, 0.29) is 0 Å². The highest BCUT2D eigenvalue weighted by atomic mass is 16.5. The van der Waals surface area contributed by atoms with Crippen LogP contribution in [0.15, 0.2) is 28.8 Å². The average molecular weight is 215 g/mol. The lowest BCUT2D eigenvalue weighted by atomic mass is 10.2. The van der Waals surface area contributed by atoms with Gasteiger partial charge in [-0.05, 0) is 24.5 Å². The van der Waals surface area contributed by atoms with Crippen LogP contribution in [0.1, 0.15) is 25.2 Å². The van der Waals surface area contributed by atoms with Gasteiger partial charge in [-0.15, -0.1) is 0 Å². The molecule has 1 saturated carbocycles. The first kappa shape index (κ1) is 9.39. The largest absolute Gasteiger partial charge is 0.399 e. The molecule has 1 aliphatic rings. The standard InChI is InChI=1S/C12H13N3O/c1-7-5-10(7)12-14-11(15-16-12)8-3-2-4-9(13)6-8/h2-4,6-7,10H,5,13H2,1H3. The maximum atomic E-state index is 5.71. The lowest BCUT2D eigenvalue weighted by molar-refractivity contribution is 0.377. The summed E-state index contributed by atoms with van der Waals surface area (Å²) in [6, 6.07) is 7.51. The van der Waals surface area contributed by atoms with E-state index >= 15 is 0 Å². The van der Waals surface area contributed by atoms with Crippen LogP contribution in [0.25, 0.3) is 11.4 Å². The fraction of sp³-hybridized carbons (Fsp3) is 0.333. The normalized spacial score (nSPS) is 23.3. The molecule has 2 unspecified atom stereocenters. The number of hydrogen-bond acceptors (Lipinski definition) is 4. The number of nitrogens with two attached hydrogens (primary N) is 1. The number of anilines is 1. The summed E-state index contributed by atoms with van der Waals surface area (Å²) in [6.07, 6.45) is 1.15. The third-order valence-corrected chi connectivity index (χ3v) is 3.01. The molecule has 1 aliphatic carbocycles. The molecule has 1 aromatic carbocycles. The first-order chi connectivity index (χ1) is 7.74. The molecule has 3 rings (SSSR count). The summed E-state index contributed by atoms with van der Waals surface area (Å²) >= 11 is 0. The zero-order chi connectivity index (χ0) is 11.1. The molecular formula is C12H13N3O. The van der Waals surface area contributed by atoms with Crippen molar-refractivity contribution in [3.8, 4) is 11.4 Å². The topological polar surface area (TPSA) is 64.9 Å². The van der Waals surface area contributed by atoms with Crippen LogP contribution < -0.4 is 5.73 Å². The molecule has 0 radical (unpaired) electrons. The minimum absolute atomic E-state index is 0.460. The predicted molar refractivity (Wildman–Crippen MR) is 60.7 cm³/mol. The van der Waals surface area contributed by atoms with E-state index in [0.717, 1.165) is 17.9 Å². The molecule has 2 aromatic rings. The Morgan fingerprint density at radius 2 is 2.25 bits per heavy atom. The molecule has 4 nitrogen and oxygen atoms in total. The fourth-order valence-electron chi connectivity index (χ4n) is 1.85. The van der Waals surface area contributed by atoms with Crippen molar-refractivity contribution >= 4 is 5.69 Å². The average Bonchev–Trinajstić information content (AvgIpc) is 2.81. The van der Waals surface area contributed by atoms with Gasteiger partial charge in [-0.1, -0.05) is 24.2 Å². The highest BCUT2D eigenvalue weighted by molar-refractivity contribution is 5.60. The van der Waals surface area contributed by atoms with E-state index in [9.17, 15) is 0 Å². The third-order valence-electron chi connectivity index (χ3n) is 3.01. The van der Waals surface area contributed by atoms with Crippen LogP contribution in [0.2, 0.25) is 0 Å². The highest BCUT2D eigenvalue weighted by Crippen LogP contribution is 2.46. The molecule has 2 atom stereocenters. The third kappa shape index (κ3) is 1.56. The van der Waals surface area contributed by atoms with Gasteiger partial charge >= 0.3 is 0 Å². The van der Waals surface area contributed by atoms with E-state index in [1.807, 2.05) is 24.3 Å². The summed E-state index contributed by atoms with van der Waals surface area (Å²) < 4.78 is 5.25. The van der Waals surface area contributed by atoms with Gasteiger partial charge in [0.2, 0.25) is 11.7 Å². The summed E-state index contributed by atoms with van der Waals surface area (Å²) in [6.45, 7) is 2.19. The molecule has 0 spiro atoms. The monoisotopic (exact) mass is 215 g/mol. The Bertz CT molecular complexity index is 520. The number of nitrogen functional groups attached to an aromatic ring is 1. The zero-order valence-electron chi connectivity index (χ0n) is 9.05. The minimum atomic E-state index is 0.460. The highest BCUT2D eigenvalue weighted by Gasteiger charge is 2.38. The van der Waals surface area contributed by atoms with Gasteiger partial charge in [-0.25, -0.2) is 0 Å². The molecule has 1 fully saturated rings. The number of aromatic nitrogens is 2. The van der Waals surface area contributed by atoms with Crippen molar-refractivity contribution in [2.24, 2.45) is 5.92 Å². The van der Waals surface area contributed by atoms with Gasteiger partial charge in [0.25, 0.3) is 0 Å². The van der Waals surface area contributed by atoms with Crippen molar-refractivity contribution in [1.82, 2.24) is 10.1 Å². The maximum absolute atomic E-state index is 5.71. The number of rotatable bonds is 2. The maximum Gasteiger partial charge on any atom is 0.230 e. The van der Waals surface area contributed by atoms with Crippen molar-refractivity contribution in [2.75, 3.05) is 5.73 Å². The van der Waals surface area contributed by atoms with Gasteiger partial charge in [0.1, 0.15) is 0 Å². The Morgan fingerprint density at radius 3 is 2.94 bits per heavy atom. The molecule has 0 saturated heterocycles. The number of nitrogens with zero attached hydrogens (tertiary/aromatic N) is 2. The Labute approximate surface area is 93.5 Å². The fourth-order valence-corrected chi connectivity index (χ4v) is 1.85. The molecule has 0 aliphatic heterocycles. The molecule has 1 heterocycles. The quantitative estimate of drug-likeness (QED) is 0.781. The lowest BCUT2D eigenvalue weighted by Crippen LogP contribution is -1.87. The molecule has 82 valence electrons. The van der Waals surface area contributed by atoms with E-state index in [4.69, 9.17) is 10.3 Å². The van der Waals surface area contributed by atoms with Crippen molar-refractivity contribution in [3.05, 3.63) is 30.2 Å². The van der Waals surface area contributed by atoms with Crippen molar-refractivity contribution < 1.29 is 4.52 Å². The van der Waals surface area contributed by atoms with E-state index in [2.05, 4.69) is 17.1 Å². The Morgan fingerprint density at radius 1 is 1.44 bits per heavy atom. The second-order valence-corrected chi connectivity index (χ2v) is 4.40. The van der Waals surface area contributed by atoms with Crippen LogP contribution in [-0.2, 0) is 0 Å². The smallest absolute Gasteiger partial charge is 0.230 e. The lowest BCUT2D eigenvalue weighted by Gasteiger charge is -1.95. The van der Waals surface area contributed by atoms with Crippen molar-refractivity contribution in [2.45, 2.75) is 19.3 Å². The summed E-state index contributed by atoms with van der Waals surface area (Å²) in [5.74, 6) is 2.52. The molecule has 0 amide bonds. The minimum Gasteiger partial charge on any atom is -0.399 e. The van der Waals surface area contributed by atoms with Gasteiger partial charge in [-0.2, -0.15) is 4.98 Å². The number of hydrogen-bond donors (Lipinski definition) is 1. The van der Waals surface area contributed by atoms with Crippen LogP contribution in [-0.4, -0.2) is 10.1 Å². The summed E-state index contributed by atoms with van der Waals surface area (Å²) in [7, 11) is 0.